The van der Waals surface area contributed by atoms with Gasteiger partial charge in [-0.3, -0.25) is 14.4 Å². The molecule has 0 saturated heterocycles. The lowest BCUT2D eigenvalue weighted by Crippen LogP contribution is -2.22. The Bertz CT molecular complexity index is 1170. The number of carbonyl (C=O) groups is 3. The van der Waals surface area contributed by atoms with Crippen LogP contribution in [0.25, 0.3) is 0 Å². The molecule has 3 aromatic rings. The third-order valence-corrected chi connectivity index (χ3v) is 5.11. The summed E-state index contributed by atoms with van der Waals surface area (Å²) in [5.74, 6) is -0.408. The van der Waals surface area contributed by atoms with Crippen molar-refractivity contribution < 1.29 is 23.9 Å². The predicted molar refractivity (Wildman–Crippen MR) is 132 cm³/mol. The van der Waals surface area contributed by atoms with E-state index < -0.39 is 18.5 Å². The molecule has 0 heterocycles. The molecule has 0 aliphatic heterocycles. The first kappa shape index (κ1) is 25.4. The number of benzene rings is 3. The van der Waals surface area contributed by atoms with Crippen LogP contribution in [0.5, 0.6) is 11.5 Å². The van der Waals surface area contributed by atoms with Crippen LogP contribution in [0.3, 0.4) is 0 Å². The van der Waals surface area contributed by atoms with E-state index >= 15 is 0 Å². The van der Waals surface area contributed by atoms with Crippen LogP contribution in [-0.4, -0.2) is 24.4 Å². The largest absolute Gasteiger partial charge is 0.457 e. The van der Waals surface area contributed by atoms with Crippen molar-refractivity contribution in [2.75, 3.05) is 17.2 Å². The lowest BCUT2D eigenvalue weighted by molar-refractivity contribution is -0.147. The third kappa shape index (κ3) is 8.26. The Morgan fingerprint density at radius 2 is 1.32 bits per heavy atom. The van der Waals surface area contributed by atoms with E-state index in [1.165, 1.54) is 12.1 Å². The van der Waals surface area contributed by atoms with Crippen molar-refractivity contribution in [1.29, 1.82) is 0 Å². The molecule has 2 amide bonds. The fraction of sp³-hybridized carbons (Fsp3) is 0.125. The molecule has 3 aromatic carbocycles. The normalized spacial score (nSPS) is 10.3. The highest BCUT2D eigenvalue weighted by molar-refractivity contribution is 6.36. The number of esters is 1. The first-order valence-corrected chi connectivity index (χ1v) is 11.2. The zero-order valence-corrected chi connectivity index (χ0v) is 19.9. The average Bonchev–Trinajstić information content (AvgIpc) is 2.81. The number of hydrogen-bond acceptors (Lipinski definition) is 5. The van der Waals surface area contributed by atoms with Crippen molar-refractivity contribution in [3.8, 4) is 11.5 Å². The van der Waals surface area contributed by atoms with E-state index in [2.05, 4.69) is 10.6 Å². The van der Waals surface area contributed by atoms with Crippen LogP contribution in [0.1, 0.15) is 12.8 Å². The van der Waals surface area contributed by atoms with Crippen LogP contribution in [0.15, 0.2) is 66.7 Å². The summed E-state index contributed by atoms with van der Waals surface area (Å²) in [5.41, 5.74) is 0.886. The highest BCUT2D eigenvalue weighted by Gasteiger charge is 2.12. The van der Waals surface area contributed by atoms with Crippen molar-refractivity contribution in [2.45, 2.75) is 12.8 Å². The van der Waals surface area contributed by atoms with Crippen molar-refractivity contribution in [1.82, 2.24) is 0 Å². The van der Waals surface area contributed by atoms with E-state index in [0.29, 0.717) is 32.9 Å². The van der Waals surface area contributed by atoms with Crippen LogP contribution in [0, 0.1) is 0 Å². The number of carbonyl (C=O) groups excluding carboxylic acids is 3. The van der Waals surface area contributed by atoms with Gasteiger partial charge in [-0.25, -0.2) is 0 Å². The van der Waals surface area contributed by atoms with Gasteiger partial charge in [-0.1, -0.05) is 34.8 Å². The molecule has 0 radical (unpaired) electrons. The van der Waals surface area contributed by atoms with Gasteiger partial charge in [0.05, 0.1) is 17.1 Å². The van der Waals surface area contributed by atoms with E-state index in [1.54, 1.807) is 54.6 Å². The zero-order valence-electron chi connectivity index (χ0n) is 17.6. The summed E-state index contributed by atoms with van der Waals surface area (Å²) in [5, 5.41) is 6.49. The van der Waals surface area contributed by atoms with Crippen molar-refractivity contribution in [2.24, 2.45) is 0 Å². The molecule has 34 heavy (non-hydrogen) atoms. The van der Waals surface area contributed by atoms with Gasteiger partial charge in [-0.05, 0) is 66.7 Å². The summed E-state index contributed by atoms with van der Waals surface area (Å²) in [7, 11) is 0. The van der Waals surface area contributed by atoms with E-state index in [9.17, 15) is 14.4 Å². The topological polar surface area (TPSA) is 93.7 Å². The van der Waals surface area contributed by atoms with Gasteiger partial charge in [0.1, 0.15) is 11.5 Å². The molecule has 10 heteroatoms. The quantitative estimate of drug-likeness (QED) is 0.321. The highest BCUT2D eigenvalue weighted by atomic mass is 35.5. The van der Waals surface area contributed by atoms with Gasteiger partial charge in [0, 0.05) is 22.2 Å². The molecule has 0 aliphatic rings. The van der Waals surface area contributed by atoms with Gasteiger partial charge in [0.25, 0.3) is 5.91 Å². The average molecular weight is 522 g/mol. The molecule has 0 bridgehead atoms. The highest BCUT2D eigenvalue weighted by Crippen LogP contribution is 2.26. The Hall–Kier alpha value is -3.26. The van der Waals surface area contributed by atoms with Gasteiger partial charge < -0.3 is 20.1 Å². The monoisotopic (exact) mass is 520 g/mol. The molecule has 0 unspecified atom stereocenters. The number of anilines is 2. The van der Waals surface area contributed by atoms with Crippen LogP contribution >= 0.6 is 34.8 Å². The molecule has 3 rings (SSSR count). The molecule has 0 aromatic heterocycles. The predicted octanol–water partition coefficient (Wildman–Crippen LogP) is 6.34. The maximum atomic E-state index is 12.1. The molecule has 176 valence electrons. The van der Waals surface area contributed by atoms with Crippen LogP contribution in [0.2, 0.25) is 15.1 Å². The maximum Gasteiger partial charge on any atom is 0.306 e. The molecular weight excluding hydrogens is 503 g/mol. The second kappa shape index (κ2) is 12.3. The second-order valence-corrected chi connectivity index (χ2v) is 8.24. The first-order valence-electron chi connectivity index (χ1n) is 10.0. The summed E-state index contributed by atoms with van der Waals surface area (Å²) in [6.07, 6.45) is -0.287. The summed E-state index contributed by atoms with van der Waals surface area (Å²) >= 11 is 17.6. The number of hydrogen-bond donors (Lipinski definition) is 2. The number of rotatable bonds is 9. The minimum absolute atomic E-state index is 0.105. The molecule has 0 spiro atoms. The molecule has 2 N–H and O–H groups in total. The summed E-state index contributed by atoms with van der Waals surface area (Å²) in [6, 6.07) is 18.2. The third-order valence-electron chi connectivity index (χ3n) is 4.31. The Labute approximate surface area is 210 Å². The van der Waals surface area contributed by atoms with Crippen molar-refractivity contribution >= 4 is 64.0 Å². The number of nitrogens with one attached hydrogen (secondary N) is 2. The molecule has 0 fully saturated rings. The van der Waals surface area contributed by atoms with E-state index in [-0.39, 0.29) is 23.8 Å². The Balaban J connectivity index is 1.37. The fourth-order valence-electron chi connectivity index (χ4n) is 2.68. The summed E-state index contributed by atoms with van der Waals surface area (Å²) in [6.45, 7) is -0.505. The van der Waals surface area contributed by atoms with E-state index in [4.69, 9.17) is 44.3 Å². The van der Waals surface area contributed by atoms with Crippen molar-refractivity contribution in [3.63, 3.8) is 0 Å². The van der Waals surface area contributed by atoms with Crippen LogP contribution in [-0.2, 0) is 19.1 Å². The standard InChI is InChI=1S/C24H19Cl3N2O5/c25-15-1-6-18(7-2-15)34-19-8-4-17(5-9-19)28-22(30)11-12-24(32)33-14-23(31)29-21-10-3-16(26)13-20(21)27/h1-10,13H,11-12,14H2,(H,28,30)(H,29,31). The van der Waals surface area contributed by atoms with E-state index in [1.807, 2.05) is 0 Å². The number of amides is 2. The summed E-state index contributed by atoms with van der Waals surface area (Å²) in [4.78, 5) is 35.9. The fourth-order valence-corrected chi connectivity index (χ4v) is 3.26. The Kier molecular flexibility index (Phi) is 9.16. The lowest BCUT2D eigenvalue weighted by Gasteiger charge is -2.09. The maximum absolute atomic E-state index is 12.1. The van der Waals surface area contributed by atoms with Crippen LogP contribution < -0.4 is 15.4 Å². The number of halogens is 3. The number of ether oxygens (including phenoxy) is 2. The molecule has 7 nitrogen and oxygen atoms in total. The van der Waals surface area contributed by atoms with E-state index in [0.717, 1.165) is 0 Å². The molecule has 0 aliphatic carbocycles. The second-order valence-electron chi connectivity index (χ2n) is 6.96. The minimum Gasteiger partial charge on any atom is -0.457 e. The van der Waals surface area contributed by atoms with Gasteiger partial charge in [-0.2, -0.15) is 0 Å². The molecule has 0 atom stereocenters. The molecule has 0 saturated carbocycles. The smallest absolute Gasteiger partial charge is 0.306 e. The van der Waals surface area contributed by atoms with Gasteiger partial charge in [0.2, 0.25) is 5.91 Å². The lowest BCUT2D eigenvalue weighted by atomic mass is 10.2. The van der Waals surface area contributed by atoms with Crippen molar-refractivity contribution in [3.05, 3.63) is 81.8 Å². The Morgan fingerprint density at radius 3 is 1.97 bits per heavy atom. The first-order chi connectivity index (χ1) is 16.3. The van der Waals surface area contributed by atoms with Gasteiger partial charge in [0.15, 0.2) is 6.61 Å². The zero-order chi connectivity index (χ0) is 24.5. The minimum atomic E-state index is -0.681. The SMILES string of the molecule is O=C(CCC(=O)OCC(=O)Nc1ccc(Cl)cc1Cl)Nc1ccc(Oc2ccc(Cl)cc2)cc1. The molecular formula is C24H19Cl3N2O5. The van der Waals surface area contributed by atoms with Gasteiger partial charge >= 0.3 is 5.97 Å². The van der Waals surface area contributed by atoms with Gasteiger partial charge in [-0.15, -0.1) is 0 Å². The van der Waals surface area contributed by atoms with Crippen LogP contribution in [0.4, 0.5) is 11.4 Å². The summed E-state index contributed by atoms with van der Waals surface area (Å²) < 4.78 is 10.6. The Morgan fingerprint density at radius 1 is 0.706 bits per heavy atom.